The van der Waals surface area contributed by atoms with Crippen LogP contribution in [0.2, 0.25) is 0 Å². The number of rotatable bonds is 4. The molecule has 0 spiro atoms. The van der Waals surface area contributed by atoms with Gasteiger partial charge in [-0.05, 0) is 37.8 Å². The first kappa shape index (κ1) is 14.2. The Bertz CT molecular complexity index is 704. The van der Waals surface area contributed by atoms with Gasteiger partial charge in [-0.15, -0.1) is 0 Å². The van der Waals surface area contributed by atoms with E-state index in [-0.39, 0.29) is 11.9 Å². The summed E-state index contributed by atoms with van der Waals surface area (Å²) in [4.78, 5) is 19.1. The van der Waals surface area contributed by atoms with Gasteiger partial charge in [0, 0.05) is 37.6 Å². The van der Waals surface area contributed by atoms with E-state index >= 15 is 0 Å². The molecule has 0 unspecified atom stereocenters. The highest BCUT2D eigenvalue weighted by Crippen LogP contribution is 2.33. The van der Waals surface area contributed by atoms with E-state index in [1.807, 2.05) is 36.5 Å². The Kier molecular flexibility index (Phi) is 3.52. The van der Waals surface area contributed by atoms with E-state index in [0.29, 0.717) is 11.6 Å². The van der Waals surface area contributed by atoms with Gasteiger partial charge in [0.15, 0.2) is 0 Å². The van der Waals surface area contributed by atoms with Gasteiger partial charge < -0.3 is 10.2 Å². The molecule has 0 radical (unpaired) electrons. The lowest BCUT2D eigenvalue weighted by atomic mass is 10.1. The number of aromatic nitrogens is 3. The summed E-state index contributed by atoms with van der Waals surface area (Å²) in [6, 6.07) is 4.47. The average Bonchev–Trinajstić information content (AvgIpc) is 3.07. The van der Waals surface area contributed by atoms with Crippen LogP contribution >= 0.6 is 0 Å². The molecule has 1 aliphatic heterocycles. The van der Waals surface area contributed by atoms with Crippen LogP contribution in [-0.4, -0.2) is 38.2 Å². The fraction of sp³-hybridized carbons (Fsp3) is 0.471. The quantitative estimate of drug-likeness (QED) is 0.941. The zero-order chi connectivity index (χ0) is 15.8. The molecule has 2 aromatic rings. The normalized spacial score (nSPS) is 20.7. The van der Waals surface area contributed by atoms with Crippen molar-refractivity contribution in [1.82, 2.24) is 19.7 Å². The Morgan fingerprint density at radius 3 is 2.78 bits per heavy atom. The molecule has 120 valence electrons. The zero-order valence-corrected chi connectivity index (χ0v) is 13.3. The summed E-state index contributed by atoms with van der Waals surface area (Å²) in [6.45, 7) is 0.792. The van der Waals surface area contributed by atoms with Crippen molar-refractivity contribution in [1.29, 1.82) is 0 Å². The first-order valence-corrected chi connectivity index (χ1v) is 8.23. The lowest BCUT2D eigenvalue weighted by Crippen LogP contribution is -2.30. The van der Waals surface area contributed by atoms with E-state index in [1.165, 1.54) is 12.8 Å². The molecule has 4 rings (SSSR count). The Balaban J connectivity index is 1.50. The Morgan fingerprint density at radius 2 is 2.13 bits per heavy atom. The van der Waals surface area contributed by atoms with E-state index in [2.05, 4.69) is 15.4 Å². The van der Waals surface area contributed by atoms with Crippen molar-refractivity contribution < 1.29 is 4.79 Å². The summed E-state index contributed by atoms with van der Waals surface area (Å²) in [6.07, 6.45) is 9.98. The van der Waals surface area contributed by atoms with E-state index in [0.717, 1.165) is 30.8 Å². The summed E-state index contributed by atoms with van der Waals surface area (Å²) < 4.78 is 1.79. The maximum Gasteiger partial charge on any atom is 0.255 e. The van der Waals surface area contributed by atoms with Crippen molar-refractivity contribution in [3.05, 3.63) is 41.9 Å². The molecule has 1 aliphatic carbocycles. The number of amides is 1. The Morgan fingerprint density at radius 1 is 1.26 bits per heavy atom. The van der Waals surface area contributed by atoms with Gasteiger partial charge in [-0.3, -0.25) is 9.48 Å². The largest absolute Gasteiger partial charge is 0.367 e. The van der Waals surface area contributed by atoms with Crippen LogP contribution in [0.5, 0.6) is 0 Å². The molecule has 6 nitrogen and oxygen atoms in total. The number of hydrogen-bond donors (Lipinski definition) is 1. The molecule has 1 saturated carbocycles. The zero-order valence-electron chi connectivity index (χ0n) is 13.3. The molecular weight excluding hydrogens is 290 g/mol. The molecule has 1 N–H and O–H groups in total. The van der Waals surface area contributed by atoms with Crippen LogP contribution in [0.25, 0.3) is 0 Å². The second-order valence-electron chi connectivity index (χ2n) is 6.45. The molecule has 1 amide bonds. The number of anilines is 1. The number of nitrogens with zero attached hydrogens (tertiary/aromatic N) is 4. The number of hydrogen-bond acceptors (Lipinski definition) is 4. The van der Waals surface area contributed by atoms with Crippen molar-refractivity contribution >= 4 is 11.7 Å². The smallest absolute Gasteiger partial charge is 0.255 e. The van der Waals surface area contributed by atoms with Crippen LogP contribution in [0.4, 0.5) is 5.82 Å². The SMILES string of the molecule is Cn1cc([C@@H]2CCCN2C(=O)c2ccc(NC3CC3)nc2)cn1. The summed E-state index contributed by atoms with van der Waals surface area (Å²) in [5.41, 5.74) is 1.76. The molecule has 1 saturated heterocycles. The van der Waals surface area contributed by atoms with Gasteiger partial charge in [0.25, 0.3) is 5.91 Å². The van der Waals surface area contributed by atoms with Crippen molar-refractivity contribution in [3.63, 3.8) is 0 Å². The van der Waals surface area contributed by atoms with Gasteiger partial charge in [0.1, 0.15) is 5.82 Å². The van der Waals surface area contributed by atoms with Crippen LogP contribution in [-0.2, 0) is 7.05 Å². The standard InChI is InChI=1S/C17H21N5O/c1-21-11-13(10-19-21)15-3-2-8-22(15)17(23)12-4-7-16(18-9-12)20-14-5-6-14/h4,7,9-11,14-15H,2-3,5-6,8H2,1H3,(H,18,20)/t15-/m0/s1. The lowest BCUT2D eigenvalue weighted by Gasteiger charge is -2.24. The molecule has 3 heterocycles. The van der Waals surface area contributed by atoms with Crippen molar-refractivity contribution in [2.75, 3.05) is 11.9 Å². The lowest BCUT2D eigenvalue weighted by molar-refractivity contribution is 0.0735. The van der Waals surface area contributed by atoms with Crippen molar-refractivity contribution in [3.8, 4) is 0 Å². The number of nitrogens with one attached hydrogen (secondary N) is 1. The number of carbonyl (C=O) groups excluding carboxylic acids is 1. The number of aryl methyl sites for hydroxylation is 1. The van der Waals surface area contributed by atoms with Crippen LogP contribution in [0.3, 0.4) is 0 Å². The summed E-state index contributed by atoms with van der Waals surface area (Å²) in [7, 11) is 1.90. The molecule has 0 aromatic carbocycles. The molecule has 6 heteroatoms. The number of carbonyl (C=O) groups is 1. The topological polar surface area (TPSA) is 63.1 Å². The molecular formula is C17H21N5O. The van der Waals surface area contributed by atoms with E-state index < -0.39 is 0 Å². The fourth-order valence-electron chi connectivity index (χ4n) is 3.18. The van der Waals surface area contributed by atoms with Crippen LogP contribution < -0.4 is 5.32 Å². The first-order chi connectivity index (χ1) is 11.2. The average molecular weight is 311 g/mol. The van der Waals surface area contributed by atoms with E-state index in [4.69, 9.17) is 0 Å². The Hall–Kier alpha value is -2.37. The minimum atomic E-state index is 0.0572. The number of pyridine rings is 1. The van der Waals surface area contributed by atoms with E-state index in [1.54, 1.807) is 10.9 Å². The molecule has 0 bridgehead atoms. The van der Waals surface area contributed by atoms with Gasteiger partial charge in [-0.1, -0.05) is 0 Å². The molecule has 2 aromatic heterocycles. The second kappa shape index (κ2) is 5.68. The maximum absolute atomic E-state index is 12.8. The second-order valence-corrected chi connectivity index (χ2v) is 6.45. The number of likely N-dealkylation sites (tertiary alicyclic amines) is 1. The third kappa shape index (κ3) is 2.93. The van der Waals surface area contributed by atoms with Crippen molar-refractivity contribution in [2.24, 2.45) is 7.05 Å². The van der Waals surface area contributed by atoms with Gasteiger partial charge in [0.05, 0.1) is 17.8 Å². The third-order valence-electron chi connectivity index (χ3n) is 4.56. The highest BCUT2D eigenvalue weighted by molar-refractivity contribution is 5.94. The molecule has 2 fully saturated rings. The maximum atomic E-state index is 12.8. The van der Waals surface area contributed by atoms with Gasteiger partial charge in [-0.2, -0.15) is 5.10 Å². The van der Waals surface area contributed by atoms with Gasteiger partial charge >= 0.3 is 0 Å². The predicted octanol–water partition coefficient (Wildman–Crippen LogP) is 2.37. The molecule has 1 atom stereocenters. The summed E-state index contributed by atoms with van der Waals surface area (Å²) >= 11 is 0. The van der Waals surface area contributed by atoms with Crippen LogP contribution in [0.15, 0.2) is 30.7 Å². The predicted molar refractivity (Wildman–Crippen MR) is 87.1 cm³/mol. The highest BCUT2D eigenvalue weighted by Gasteiger charge is 2.31. The van der Waals surface area contributed by atoms with Crippen LogP contribution in [0, 0.1) is 0 Å². The van der Waals surface area contributed by atoms with Gasteiger partial charge in [0.2, 0.25) is 0 Å². The van der Waals surface area contributed by atoms with E-state index in [9.17, 15) is 4.79 Å². The highest BCUT2D eigenvalue weighted by atomic mass is 16.2. The van der Waals surface area contributed by atoms with Crippen LogP contribution in [0.1, 0.15) is 47.6 Å². The molecule has 23 heavy (non-hydrogen) atoms. The van der Waals surface area contributed by atoms with Gasteiger partial charge in [-0.25, -0.2) is 4.98 Å². The molecule has 2 aliphatic rings. The third-order valence-corrected chi connectivity index (χ3v) is 4.56. The first-order valence-electron chi connectivity index (χ1n) is 8.23. The minimum absolute atomic E-state index is 0.0572. The summed E-state index contributed by atoms with van der Waals surface area (Å²) in [5.74, 6) is 0.913. The summed E-state index contributed by atoms with van der Waals surface area (Å²) in [5, 5.41) is 7.57. The minimum Gasteiger partial charge on any atom is -0.367 e. The Labute approximate surface area is 135 Å². The van der Waals surface area contributed by atoms with Crippen molar-refractivity contribution in [2.45, 2.75) is 37.8 Å². The monoisotopic (exact) mass is 311 g/mol. The fourth-order valence-corrected chi connectivity index (χ4v) is 3.18.